The standard InChI is InChI=1S/C14H14N2O4S2/c1-3-6-21-14-15-10(13(17)22-14)7-9-4-5-12(20-2)11(8-9)16(18)19/h4-5,7-8H,3,6H2,1-2H3/b10-7-. The molecule has 6 nitrogen and oxygen atoms in total. The molecule has 0 saturated carbocycles. The van der Waals surface area contributed by atoms with Crippen LogP contribution in [0.25, 0.3) is 6.08 Å². The number of carbonyl (C=O) groups is 1. The Morgan fingerprint density at radius 3 is 2.91 bits per heavy atom. The number of rotatable bonds is 5. The molecule has 0 aromatic heterocycles. The second-order valence-electron chi connectivity index (χ2n) is 4.33. The maximum atomic E-state index is 11.9. The molecule has 0 atom stereocenters. The number of carbonyl (C=O) groups excluding carboxylic acids is 1. The maximum Gasteiger partial charge on any atom is 0.311 e. The van der Waals surface area contributed by atoms with E-state index in [1.165, 1.54) is 31.0 Å². The Morgan fingerprint density at radius 2 is 2.27 bits per heavy atom. The topological polar surface area (TPSA) is 81.8 Å². The highest BCUT2D eigenvalue weighted by Gasteiger charge is 2.23. The molecule has 1 heterocycles. The van der Waals surface area contributed by atoms with Gasteiger partial charge in [0.15, 0.2) is 5.75 Å². The first-order valence-electron chi connectivity index (χ1n) is 6.53. The normalized spacial score (nSPS) is 16.0. The van der Waals surface area contributed by atoms with Crippen molar-refractivity contribution >= 4 is 44.8 Å². The van der Waals surface area contributed by atoms with E-state index in [9.17, 15) is 14.9 Å². The minimum atomic E-state index is -0.516. The number of nitro benzene ring substituents is 1. The van der Waals surface area contributed by atoms with Crippen LogP contribution in [0, 0.1) is 10.1 Å². The van der Waals surface area contributed by atoms with Crippen molar-refractivity contribution < 1.29 is 14.5 Å². The third-order valence-electron chi connectivity index (χ3n) is 2.73. The van der Waals surface area contributed by atoms with Crippen molar-refractivity contribution in [3.63, 3.8) is 0 Å². The Bertz CT molecular complexity index is 671. The van der Waals surface area contributed by atoms with Crippen LogP contribution in [0.1, 0.15) is 18.9 Å². The molecule has 1 aliphatic heterocycles. The molecule has 0 amide bonds. The molecule has 8 heteroatoms. The number of nitrogens with zero attached hydrogens (tertiary/aromatic N) is 2. The predicted molar refractivity (Wildman–Crippen MR) is 90.4 cm³/mol. The van der Waals surface area contributed by atoms with E-state index < -0.39 is 4.92 Å². The van der Waals surface area contributed by atoms with Crippen LogP contribution in [0.4, 0.5) is 5.69 Å². The summed E-state index contributed by atoms with van der Waals surface area (Å²) in [5, 5.41) is 10.9. The zero-order valence-electron chi connectivity index (χ0n) is 12.1. The van der Waals surface area contributed by atoms with Gasteiger partial charge >= 0.3 is 5.69 Å². The molecular weight excluding hydrogens is 324 g/mol. The molecule has 0 unspecified atom stereocenters. The minimum Gasteiger partial charge on any atom is -0.490 e. The van der Waals surface area contributed by atoms with Gasteiger partial charge in [0.2, 0.25) is 5.12 Å². The van der Waals surface area contributed by atoms with Gasteiger partial charge in [0.25, 0.3) is 0 Å². The van der Waals surface area contributed by atoms with E-state index >= 15 is 0 Å². The van der Waals surface area contributed by atoms with Gasteiger partial charge < -0.3 is 4.74 Å². The summed E-state index contributed by atoms with van der Waals surface area (Å²) >= 11 is 2.64. The third-order valence-corrected chi connectivity index (χ3v) is 4.95. The molecule has 1 aromatic carbocycles. The fourth-order valence-electron chi connectivity index (χ4n) is 1.74. The van der Waals surface area contributed by atoms with Gasteiger partial charge in [-0.3, -0.25) is 14.9 Å². The summed E-state index contributed by atoms with van der Waals surface area (Å²) in [4.78, 5) is 26.7. The summed E-state index contributed by atoms with van der Waals surface area (Å²) in [6.45, 7) is 2.06. The number of nitro groups is 1. The number of methoxy groups -OCH3 is 1. The predicted octanol–water partition coefficient (Wildman–Crippen LogP) is 3.72. The van der Waals surface area contributed by atoms with Crippen LogP contribution >= 0.6 is 23.5 Å². The molecule has 0 fully saturated rings. The molecule has 0 N–H and O–H groups in total. The van der Waals surface area contributed by atoms with Gasteiger partial charge in [-0.25, -0.2) is 4.99 Å². The van der Waals surface area contributed by atoms with Crippen molar-refractivity contribution in [1.29, 1.82) is 0 Å². The number of hydrogen-bond donors (Lipinski definition) is 0. The number of ether oxygens (including phenoxy) is 1. The lowest BCUT2D eigenvalue weighted by Gasteiger charge is -2.02. The Labute approximate surface area is 136 Å². The highest BCUT2D eigenvalue weighted by Crippen LogP contribution is 2.33. The van der Waals surface area contributed by atoms with E-state index in [0.29, 0.717) is 11.3 Å². The van der Waals surface area contributed by atoms with Gasteiger partial charge in [-0.05, 0) is 41.6 Å². The molecule has 1 aliphatic rings. The lowest BCUT2D eigenvalue weighted by atomic mass is 10.1. The molecule has 2 rings (SSSR count). The highest BCUT2D eigenvalue weighted by atomic mass is 32.2. The van der Waals surface area contributed by atoms with Crippen LogP contribution < -0.4 is 4.74 Å². The molecule has 0 spiro atoms. The zero-order valence-corrected chi connectivity index (χ0v) is 13.7. The molecule has 0 radical (unpaired) electrons. The van der Waals surface area contributed by atoms with Crippen LogP contribution in [-0.2, 0) is 4.79 Å². The van der Waals surface area contributed by atoms with Crippen LogP contribution in [0.2, 0.25) is 0 Å². The average Bonchev–Trinajstić information content (AvgIpc) is 2.85. The monoisotopic (exact) mass is 338 g/mol. The van der Waals surface area contributed by atoms with Gasteiger partial charge in [0.05, 0.1) is 12.0 Å². The number of aliphatic imine (C=N–C) groups is 1. The van der Waals surface area contributed by atoms with E-state index in [-0.39, 0.29) is 16.6 Å². The maximum absolute atomic E-state index is 11.9. The van der Waals surface area contributed by atoms with Gasteiger partial charge in [-0.2, -0.15) is 0 Å². The average molecular weight is 338 g/mol. The molecule has 1 aromatic rings. The number of thioether (sulfide) groups is 2. The second kappa shape index (κ2) is 7.46. The number of hydrogen-bond acceptors (Lipinski definition) is 7. The quantitative estimate of drug-likeness (QED) is 0.462. The van der Waals surface area contributed by atoms with E-state index in [4.69, 9.17) is 4.74 Å². The van der Waals surface area contributed by atoms with Gasteiger partial charge in [0, 0.05) is 6.07 Å². The summed E-state index contributed by atoms with van der Waals surface area (Å²) in [5.41, 5.74) is 0.713. The van der Waals surface area contributed by atoms with Gasteiger partial charge in [-0.15, -0.1) is 0 Å². The Kier molecular flexibility index (Phi) is 5.62. The van der Waals surface area contributed by atoms with Crippen molar-refractivity contribution in [2.24, 2.45) is 4.99 Å². The first-order valence-corrected chi connectivity index (χ1v) is 8.33. The minimum absolute atomic E-state index is 0.139. The number of benzene rings is 1. The Balaban J connectivity index is 2.29. The largest absolute Gasteiger partial charge is 0.490 e. The van der Waals surface area contributed by atoms with Crippen LogP contribution in [0.5, 0.6) is 5.75 Å². The van der Waals surface area contributed by atoms with Crippen molar-refractivity contribution in [3.8, 4) is 5.75 Å². The van der Waals surface area contributed by atoms with Crippen molar-refractivity contribution in [1.82, 2.24) is 0 Å². The van der Waals surface area contributed by atoms with Crippen LogP contribution in [0.15, 0.2) is 28.9 Å². The van der Waals surface area contributed by atoms with E-state index in [2.05, 4.69) is 11.9 Å². The van der Waals surface area contributed by atoms with E-state index in [0.717, 1.165) is 28.3 Å². The van der Waals surface area contributed by atoms with E-state index in [1.54, 1.807) is 12.1 Å². The first kappa shape index (κ1) is 16.6. The third kappa shape index (κ3) is 3.89. The summed E-state index contributed by atoms with van der Waals surface area (Å²) in [6, 6.07) is 4.54. The second-order valence-corrected chi connectivity index (χ2v) is 6.64. The van der Waals surface area contributed by atoms with Crippen LogP contribution in [0.3, 0.4) is 0 Å². The molecule has 22 heavy (non-hydrogen) atoms. The van der Waals surface area contributed by atoms with E-state index in [1.807, 2.05) is 0 Å². The first-order chi connectivity index (χ1) is 10.5. The summed E-state index contributed by atoms with van der Waals surface area (Å²) < 4.78 is 5.67. The Hall–Kier alpha value is -1.80. The fourth-order valence-corrected chi connectivity index (χ4v) is 3.50. The summed E-state index contributed by atoms with van der Waals surface area (Å²) in [5.74, 6) is 1.09. The van der Waals surface area contributed by atoms with Crippen molar-refractivity contribution in [3.05, 3.63) is 39.6 Å². The summed E-state index contributed by atoms with van der Waals surface area (Å²) in [6.07, 6.45) is 2.56. The molecule has 0 bridgehead atoms. The van der Waals surface area contributed by atoms with Crippen molar-refractivity contribution in [2.75, 3.05) is 12.9 Å². The van der Waals surface area contributed by atoms with Crippen LogP contribution in [-0.4, -0.2) is 27.3 Å². The Morgan fingerprint density at radius 1 is 1.50 bits per heavy atom. The highest BCUT2D eigenvalue weighted by molar-refractivity contribution is 8.45. The van der Waals surface area contributed by atoms with Gasteiger partial charge in [0.1, 0.15) is 10.1 Å². The smallest absolute Gasteiger partial charge is 0.311 e. The molecule has 0 aliphatic carbocycles. The lowest BCUT2D eigenvalue weighted by Crippen LogP contribution is -1.94. The SMILES string of the molecule is CCCSC1=N/C(=C\c2ccc(OC)c([N+](=O)[O-])c2)C(=O)S1. The molecule has 0 saturated heterocycles. The van der Waals surface area contributed by atoms with Gasteiger partial charge in [-0.1, -0.05) is 24.8 Å². The molecule has 116 valence electrons. The van der Waals surface area contributed by atoms with Crippen molar-refractivity contribution in [2.45, 2.75) is 13.3 Å². The fraction of sp³-hybridized carbons (Fsp3) is 0.286. The zero-order chi connectivity index (χ0) is 16.1. The lowest BCUT2D eigenvalue weighted by molar-refractivity contribution is -0.385. The molecular formula is C14H14N2O4S2. The summed E-state index contributed by atoms with van der Waals surface area (Å²) in [7, 11) is 1.37.